The van der Waals surface area contributed by atoms with Crippen LogP contribution in [0.2, 0.25) is 0 Å². The first-order valence-corrected chi connectivity index (χ1v) is 9.72. The van der Waals surface area contributed by atoms with Gasteiger partial charge in [-0.15, -0.1) is 16.4 Å². The molecule has 0 saturated carbocycles. The van der Waals surface area contributed by atoms with Crippen molar-refractivity contribution < 1.29 is 5.11 Å². The van der Waals surface area contributed by atoms with Crippen molar-refractivity contribution in [3.05, 3.63) is 41.2 Å². The number of para-hydroxylation sites is 1. The van der Waals surface area contributed by atoms with Crippen LogP contribution in [0.3, 0.4) is 0 Å². The Morgan fingerprint density at radius 3 is 2.84 bits per heavy atom. The second-order valence-corrected chi connectivity index (χ2v) is 7.71. The summed E-state index contributed by atoms with van der Waals surface area (Å²) in [5, 5.41) is 18.6. The Labute approximate surface area is 151 Å². The van der Waals surface area contributed by atoms with E-state index in [9.17, 15) is 0 Å². The molecule has 1 saturated heterocycles. The lowest BCUT2D eigenvalue weighted by molar-refractivity contribution is 0.172. The molecule has 3 heterocycles. The van der Waals surface area contributed by atoms with E-state index in [1.54, 1.807) is 11.3 Å². The molecule has 2 aromatic heterocycles. The Bertz CT molecular complexity index is 789. The average molecular weight is 357 g/mol. The minimum absolute atomic E-state index is 0.205. The Morgan fingerprint density at radius 2 is 2.04 bits per heavy atom. The van der Waals surface area contributed by atoms with Crippen LogP contribution < -0.4 is 0 Å². The summed E-state index contributed by atoms with van der Waals surface area (Å²) in [6.45, 7) is 3.26. The number of fused-ring (bicyclic) bond motifs is 1. The van der Waals surface area contributed by atoms with Gasteiger partial charge in [-0.3, -0.25) is 4.90 Å². The third-order valence-corrected chi connectivity index (χ3v) is 5.80. The lowest BCUT2D eigenvalue weighted by atomic mass is 10.1. The van der Waals surface area contributed by atoms with Crippen molar-refractivity contribution in [3.8, 4) is 0 Å². The average Bonchev–Trinajstić information content (AvgIpc) is 3.27. The van der Waals surface area contributed by atoms with E-state index in [-0.39, 0.29) is 6.61 Å². The first kappa shape index (κ1) is 16.6. The molecule has 0 aliphatic carbocycles. The SMILES string of the molecule is OCCCc1cn(C2CCN(Cc3nc4ccccc4s3)CC2)nn1. The summed E-state index contributed by atoms with van der Waals surface area (Å²) in [4.78, 5) is 7.23. The number of hydrogen-bond acceptors (Lipinski definition) is 6. The number of aryl methyl sites for hydroxylation is 1. The molecule has 0 atom stereocenters. The van der Waals surface area contributed by atoms with Crippen LogP contribution in [0.1, 0.15) is 36.0 Å². The van der Waals surface area contributed by atoms with Gasteiger partial charge in [0.05, 0.1) is 28.5 Å². The van der Waals surface area contributed by atoms with Crippen LogP contribution in [0.4, 0.5) is 0 Å². The Morgan fingerprint density at radius 1 is 1.20 bits per heavy atom. The maximum Gasteiger partial charge on any atom is 0.108 e. The Kier molecular flexibility index (Phi) is 5.05. The fourth-order valence-corrected chi connectivity index (χ4v) is 4.40. The molecule has 0 radical (unpaired) electrons. The number of aliphatic hydroxyl groups excluding tert-OH is 1. The largest absolute Gasteiger partial charge is 0.396 e. The Balaban J connectivity index is 1.32. The summed E-state index contributed by atoms with van der Waals surface area (Å²) in [6.07, 6.45) is 5.77. The topological polar surface area (TPSA) is 67.1 Å². The predicted molar refractivity (Wildman–Crippen MR) is 98.6 cm³/mol. The predicted octanol–water partition coefficient (Wildman–Crippen LogP) is 2.65. The third kappa shape index (κ3) is 3.89. The summed E-state index contributed by atoms with van der Waals surface area (Å²) in [5.74, 6) is 0. The van der Waals surface area contributed by atoms with Gasteiger partial charge < -0.3 is 5.11 Å². The smallest absolute Gasteiger partial charge is 0.108 e. The maximum absolute atomic E-state index is 8.91. The number of rotatable bonds is 6. The summed E-state index contributed by atoms with van der Waals surface area (Å²) in [6, 6.07) is 8.78. The molecule has 25 heavy (non-hydrogen) atoms. The van der Waals surface area contributed by atoms with Gasteiger partial charge in [0.25, 0.3) is 0 Å². The highest BCUT2D eigenvalue weighted by Crippen LogP contribution is 2.26. The van der Waals surface area contributed by atoms with Gasteiger partial charge in [-0.1, -0.05) is 17.3 Å². The standard InChI is InChI=1S/C18H23N5OS/c24-11-3-4-14-12-23(21-20-14)15-7-9-22(10-8-15)13-18-19-16-5-1-2-6-17(16)25-18/h1-2,5-6,12,15,24H,3-4,7-11,13H2. The first-order valence-electron chi connectivity index (χ1n) is 8.90. The summed E-state index contributed by atoms with van der Waals surface area (Å²) >= 11 is 1.80. The van der Waals surface area contributed by atoms with Gasteiger partial charge in [0, 0.05) is 25.9 Å². The molecule has 1 aromatic carbocycles. The molecule has 4 rings (SSSR count). The van der Waals surface area contributed by atoms with Crippen LogP contribution in [0.15, 0.2) is 30.5 Å². The van der Waals surface area contributed by atoms with Crippen LogP contribution in [-0.2, 0) is 13.0 Å². The number of aliphatic hydroxyl groups is 1. The molecule has 0 bridgehead atoms. The number of thiazole rings is 1. The normalized spacial score (nSPS) is 16.7. The van der Waals surface area contributed by atoms with E-state index in [1.807, 2.05) is 16.9 Å². The number of piperidine rings is 1. The summed E-state index contributed by atoms with van der Waals surface area (Å²) in [7, 11) is 0. The molecular weight excluding hydrogens is 334 g/mol. The molecule has 0 amide bonds. The van der Waals surface area contributed by atoms with E-state index in [4.69, 9.17) is 10.1 Å². The fraction of sp³-hybridized carbons (Fsp3) is 0.500. The molecule has 0 unspecified atom stereocenters. The van der Waals surface area contributed by atoms with Crippen molar-refractivity contribution in [2.24, 2.45) is 0 Å². The van der Waals surface area contributed by atoms with Gasteiger partial charge in [0.1, 0.15) is 5.01 Å². The van der Waals surface area contributed by atoms with Gasteiger partial charge in [0.2, 0.25) is 0 Å². The third-order valence-electron chi connectivity index (χ3n) is 4.78. The zero-order valence-corrected chi connectivity index (χ0v) is 15.0. The molecule has 1 aliphatic rings. The minimum atomic E-state index is 0.205. The highest BCUT2D eigenvalue weighted by molar-refractivity contribution is 7.18. The number of likely N-dealkylation sites (tertiary alicyclic amines) is 1. The van der Waals surface area contributed by atoms with Crippen LogP contribution in [0.5, 0.6) is 0 Å². The van der Waals surface area contributed by atoms with Crippen molar-refractivity contribution in [1.29, 1.82) is 0 Å². The first-order chi connectivity index (χ1) is 12.3. The lowest BCUT2D eigenvalue weighted by Crippen LogP contribution is -2.34. The zero-order chi connectivity index (χ0) is 17.1. The second-order valence-electron chi connectivity index (χ2n) is 6.60. The fourth-order valence-electron chi connectivity index (χ4n) is 3.39. The van der Waals surface area contributed by atoms with Gasteiger partial charge in [-0.25, -0.2) is 9.67 Å². The van der Waals surface area contributed by atoms with E-state index in [1.165, 1.54) is 9.71 Å². The molecule has 7 heteroatoms. The van der Waals surface area contributed by atoms with Crippen molar-refractivity contribution in [1.82, 2.24) is 24.9 Å². The maximum atomic E-state index is 8.91. The molecule has 1 N–H and O–H groups in total. The summed E-state index contributed by atoms with van der Waals surface area (Å²) in [5.41, 5.74) is 2.08. The molecule has 132 valence electrons. The van der Waals surface area contributed by atoms with E-state index >= 15 is 0 Å². The zero-order valence-electron chi connectivity index (χ0n) is 14.2. The van der Waals surface area contributed by atoms with Crippen LogP contribution in [0, 0.1) is 0 Å². The number of hydrogen-bond donors (Lipinski definition) is 1. The van der Waals surface area contributed by atoms with E-state index < -0.39 is 0 Å². The highest BCUT2D eigenvalue weighted by atomic mass is 32.1. The van der Waals surface area contributed by atoms with Gasteiger partial charge in [-0.05, 0) is 37.8 Å². The van der Waals surface area contributed by atoms with Gasteiger partial charge in [-0.2, -0.15) is 0 Å². The second kappa shape index (κ2) is 7.59. The lowest BCUT2D eigenvalue weighted by Gasteiger charge is -2.31. The molecule has 6 nitrogen and oxygen atoms in total. The van der Waals surface area contributed by atoms with Crippen molar-refractivity contribution >= 4 is 21.6 Å². The number of nitrogens with zero attached hydrogens (tertiary/aromatic N) is 5. The van der Waals surface area contributed by atoms with Gasteiger partial charge >= 0.3 is 0 Å². The molecule has 3 aromatic rings. The molecule has 1 aliphatic heterocycles. The van der Waals surface area contributed by atoms with Crippen LogP contribution >= 0.6 is 11.3 Å². The number of aromatic nitrogens is 4. The number of benzene rings is 1. The molecule has 0 spiro atoms. The van der Waals surface area contributed by atoms with E-state index in [2.05, 4.69) is 33.4 Å². The van der Waals surface area contributed by atoms with Crippen LogP contribution in [-0.4, -0.2) is 49.7 Å². The quantitative estimate of drug-likeness (QED) is 0.735. The van der Waals surface area contributed by atoms with Crippen molar-refractivity contribution in [2.45, 2.75) is 38.3 Å². The molecular formula is C18H23N5OS. The van der Waals surface area contributed by atoms with E-state index in [0.29, 0.717) is 6.04 Å². The van der Waals surface area contributed by atoms with Crippen molar-refractivity contribution in [3.63, 3.8) is 0 Å². The monoisotopic (exact) mass is 357 g/mol. The van der Waals surface area contributed by atoms with Crippen LogP contribution in [0.25, 0.3) is 10.2 Å². The minimum Gasteiger partial charge on any atom is -0.396 e. The van der Waals surface area contributed by atoms with E-state index in [0.717, 1.165) is 56.5 Å². The highest BCUT2D eigenvalue weighted by Gasteiger charge is 2.22. The molecule has 1 fully saturated rings. The summed E-state index contributed by atoms with van der Waals surface area (Å²) < 4.78 is 3.28. The van der Waals surface area contributed by atoms with Crippen molar-refractivity contribution in [2.75, 3.05) is 19.7 Å². The van der Waals surface area contributed by atoms with Gasteiger partial charge in [0.15, 0.2) is 0 Å². The Hall–Kier alpha value is -1.83.